The first-order valence-electron chi connectivity index (χ1n) is 6.41. The molecule has 3 aliphatic rings. The topological polar surface area (TPSA) is 73.9 Å². The van der Waals surface area contributed by atoms with Crippen LogP contribution in [0.3, 0.4) is 0 Å². The molecule has 0 aromatic rings. The molecule has 0 bridgehead atoms. The van der Waals surface area contributed by atoms with Crippen LogP contribution in [0.25, 0.3) is 0 Å². The zero-order chi connectivity index (χ0) is 12.5. The van der Waals surface area contributed by atoms with Crippen molar-refractivity contribution in [2.75, 3.05) is 39.4 Å². The number of fused-ring (bicyclic) bond motifs is 1. The Hall–Kier alpha value is -1.50. The van der Waals surface area contributed by atoms with E-state index in [-0.39, 0.29) is 24.1 Å². The summed E-state index contributed by atoms with van der Waals surface area (Å²) < 4.78 is 5.23. The molecule has 18 heavy (non-hydrogen) atoms. The first-order valence-corrected chi connectivity index (χ1v) is 6.41. The highest BCUT2D eigenvalue weighted by molar-refractivity contribution is 5.79. The van der Waals surface area contributed by atoms with E-state index < -0.39 is 0 Å². The Morgan fingerprint density at radius 2 is 2.33 bits per heavy atom. The van der Waals surface area contributed by atoms with Crippen LogP contribution in [-0.4, -0.2) is 73.3 Å². The number of nitrogens with zero attached hydrogens (tertiary/aromatic N) is 2. The Morgan fingerprint density at radius 1 is 1.44 bits per heavy atom. The fraction of sp³-hybridized carbons (Fsp3) is 0.818. The normalized spacial score (nSPS) is 31.2. The summed E-state index contributed by atoms with van der Waals surface area (Å²) in [6.07, 6.45) is 0.884. The van der Waals surface area contributed by atoms with Crippen LogP contribution < -0.4 is 10.6 Å². The van der Waals surface area contributed by atoms with Gasteiger partial charge in [-0.05, 0) is 6.42 Å². The third-order valence-corrected chi connectivity index (χ3v) is 3.78. The van der Waals surface area contributed by atoms with Gasteiger partial charge >= 0.3 is 12.1 Å². The van der Waals surface area contributed by atoms with Gasteiger partial charge in [0.05, 0.1) is 18.7 Å². The number of carbonyl (C=O) groups excluding carboxylic acids is 2. The van der Waals surface area contributed by atoms with Crippen molar-refractivity contribution in [3.8, 4) is 0 Å². The van der Waals surface area contributed by atoms with Gasteiger partial charge in [0, 0.05) is 32.8 Å². The summed E-state index contributed by atoms with van der Waals surface area (Å²) in [7, 11) is 0. The van der Waals surface area contributed by atoms with Crippen LogP contribution in [0, 0.1) is 0 Å². The first-order chi connectivity index (χ1) is 8.74. The molecule has 100 valence electrons. The van der Waals surface area contributed by atoms with E-state index >= 15 is 0 Å². The average molecular weight is 254 g/mol. The number of hydrogen-bond acceptors (Lipinski definition) is 3. The zero-order valence-corrected chi connectivity index (χ0v) is 10.2. The molecule has 0 aliphatic carbocycles. The van der Waals surface area contributed by atoms with Crippen molar-refractivity contribution >= 4 is 12.1 Å². The Bertz CT molecular complexity index is 356. The fourth-order valence-corrected chi connectivity index (χ4v) is 2.70. The van der Waals surface area contributed by atoms with E-state index in [1.54, 1.807) is 4.90 Å². The third kappa shape index (κ3) is 2.10. The van der Waals surface area contributed by atoms with E-state index in [9.17, 15) is 9.59 Å². The lowest BCUT2D eigenvalue weighted by molar-refractivity contribution is 0.126. The number of carbonyl (C=O) groups is 2. The Kier molecular flexibility index (Phi) is 2.99. The summed E-state index contributed by atoms with van der Waals surface area (Å²) in [5.74, 6) is 0. The smallest absolute Gasteiger partial charge is 0.317 e. The van der Waals surface area contributed by atoms with Crippen LogP contribution in [0.5, 0.6) is 0 Å². The van der Waals surface area contributed by atoms with E-state index in [4.69, 9.17) is 4.74 Å². The lowest BCUT2D eigenvalue weighted by Gasteiger charge is -2.36. The minimum absolute atomic E-state index is 0.00995. The first kappa shape index (κ1) is 11.6. The number of nitrogens with one attached hydrogen (secondary N) is 2. The van der Waals surface area contributed by atoms with Gasteiger partial charge in [0.2, 0.25) is 0 Å². The molecule has 3 fully saturated rings. The highest BCUT2D eigenvalue weighted by Gasteiger charge is 2.37. The van der Waals surface area contributed by atoms with Gasteiger partial charge in [-0.15, -0.1) is 0 Å². The van der Waals surface area contributed by atoms with Gasteiger partial charge in [-0.2, -0.15) is 0 Å². The van der Waals surface area contributed by atoms with Crippen LogP contribution in [-0.2, 0) is 4.74 Å². The van der Waals surface area contributed by atoms with Crippen LogP contribution in [0.2, 0.25) is 0 Å². The van der Waals surface area contributed by atoms with Crippen LogP contribution >= 0.6 is 0 Å². The highest BCUT2D eigenvalue weighted by Crippen LogP contribution is 2.14. The maximum Gasteiger partial charge on any atom is 0.317 e. The minimum atomic E-state index is -0.0375. The maximum absolute atomic E-state index is 12.1. The minimum Gasteiger partial charge on any atom is -0.379 e. The van der Waals surface area contributed by atoms with Gasteiger partial charge in [0.15, 0.2) is 0 Å². The molecule has 3 aliphatic heterocycles. The lowest BCUT2D eigenvalue weighted by Crippen LogP contribution is -2.57. The molecular weight excluding hydrogens is 236 g/mol. The van der Waals surface area contributed by atoms with Crippen molar-refractivity contribution < 1.29 is 14.3 Å². The van der Waals surface area contributed by atoms with Crippen LogP contribution in [0.15, 0.2) is 0 Å². The number of piperazine rings is 1. The molecule has 0 saturated carbocycles. The summed E-state index contributed by atoms with van der Waals surface area (Å²) in [6.45, 7) is 3.79. The molecule has 7 heteroatoms. The van der Waals surface area contributed by atoms with E-state index in [0.717, 1.165) is 13.0 Å². The van der Waals surface area contributed by atoms with Gasteiger partial charge in [-0.3, -0.25) is 0 Å². The van der Waals surface area contributed by atoms with Gasteiger partial charge in [0.1, 0.15) is 0 Å². The molecule has 2 unspecified atom stereocenters. The molecule has 0 spiro atoms. The van der Waals surface area contributed by atoms with Crippen molar-refractivity contribution in [3.63, 3.8) is 0 Å². The fourth-order valence-electron chi connectivity index (χ4n) is 2.70. The molecular formula is C11H18N4O3. The Labute approximate surface area is 105 Å². The molecule has 3 rings (SSSR count). The highest BCUT2D eigenvalue weighted by atomic mass is 16.5. The summed E-state index contributed by atoms with van der Waals surface area (Å²) in [6, 6.07) is 0.212. The van der Waals surface area contributed by atoms with E-state index in [1.165, 1.54) is 0 Å². The molecule has 2 atom stereocenters. The summed E-state index contributed by atoms with van der Waals surface area (Å²) in [5.41, 5.74) is 0. The van der Waals surface area contributed by atoms with Crippen molar-refractivity contribution in [2.45, 2.75) is 18.5 Å². The molecule has 2 N–H and O–H groups in total. The van der Waals surface area contributed by atoms with Crippen molar-refractivity contribution in [3.05, 3.63) is 0 Å². The molecule has 0 aromatic heterocycles. The van der Waals surface area contributed by atoms with Gasteiger partial charge < -0.3 is 25.2 Å². The molecule has 3 saturated heterocycles. The average Bonchev–Trinajstić information content (AvgIpc) is 2.99. The van der Waals surface area contributed by atoms with E-state index in [1.807, 2.05) is 4.90 Å². The number of ether oxygens (including phenoxy) is 1. The molecule has 0 radical (unpaired) electrons. The quantitative estimate of drug-likeness (QED) is 0.643. The van der Waals surface area contributed by atoms with E-state index in [0.29, 0.717) is 32.8 Å². The predicted octanol–water partition coefficient (Wildman–Crippen LogP) is -0.806. The van der Waals surface area contributed by atoms with Crippen LogP contribution in [0.4, 0.5) is 9.59 Å². The largest absolute Gasteiger partial charge is 0.379 e. The summed E-state index contributed by atoms with van der Waals surface area (Å²) >= 11 is 0. The second-order valence-electron chi connectivity index (χ2n) is 4.99. The number of rotatable bonds is 1. The monoisotopic (exact) mass is 254 g/mol. The molecule has 4 amide bonds. The van der Waals surface area contributed by atoms with Gasteiger partial charge in [0.25, 0.3) is 0 Å². The van der Waals surface area contributed by atoms with Crippen molar-refractivity contribution in [1.82, 2.24) is 20.4 Å². The second kappa shape index (κ2) is 4.64. The molecule has 3 heterocycles. The summed E-state index contributed by atoms with van der Waals surface area (Å²) in [5, 5.41) is 5.78. The molecule has 0 aromatic carbocycles. The van der Waals surface area contributed by atoms with Crippen molar-refractivity contribution in [1.29, 1.82) is 0 Å². The third-order valence-electron chi connectivity index (χ3n) is 3.78. The van der Waals surface area contributed by atoms with Gasteiger partial charge in [-0.1, -0.05) is 0 Å². The van der Waals surface area contributed by atoms with Crippen LogP contribution in [0.1, 0.15) is 6.42 Å². The SMILES string of the molecule is O=C(NC1CCOC1)N1CCN2C(=O)NCC2C1. The number of amides is 4. The Balaban J connectivity index is 1.54. The standard InChI is InChI=1S/C11H18N4O3/c16-10-12-5-9-6-14(2-3-15(9)10)11(17)13-8-1-4-18-7-8/h8-9H,1-7H2,(H,12,16)(H,13,17). The van der Waals surface area contributed by atoms with E-state index in [2.05, 4.69) is 10.6 Å². The lowest BCUT2D eigenvalue weighted by atomic mass is 10.2. The zero-order valence-electron chi connectivity index (χ0n) is 10.2. The van der Waals surface area contributed by atoms with Crippen molar-refractivity contribution in [2.24, 2.45) is 0 Å². The number of hydrogen-bond donors (Lipinski definition) is 2. The second-order valence-corrected chi connectivity index (χ2v) is 4.99. The summed E-state index contributed by atoms with van der Waals surface area (Å²) in [4.78, 5) is 27.1. The van der Waals surface area contributed by atoms with Gasteiger partial charge in [-0.25, -0.2) is 9.59 Å². The maximum atomic E-state index is 12.1. The predicted molar refractivity (Wildman–Crippen MR) is 63.2 cm³/mol. The Morgan fingerprint density at radius 3 is 3.11 bits per heavy atom. The number of urea groups is 2. The molecule has 7 nitrogen and oxygen atoms in total.